The highest BCUT2D eigenvalue weighted by atomic mass is 16.5. The predicted octanol–water partition coefficient (Wildman–Crippen LogP) is 3.54. The lowest BCUT2D eigenvalue weighted by Crippen LogP contribution is -2.49. The number of rotatable bonds is 10. The Morgan fingerprint density at radius 2 is 1.86 bits per heavy atom. The van der Waals surface area contributed by atoms with Gasteiger partial charge in [-0.1, -0.05) is 33.6 Å². The SMILES string of the molecule is CCC(CC)N(CCOC)CC1(CNC)CCC(C)CC1. The molecule has 1 saturated carbocycles. The Balaban J connectivity index is 2.74. The first kappa shape index (κ1) is 18.9. The van der Waals surface area contributed by atoms with Crippen molar-refractivity contribution >= 4 is 0 Å². The fourth-order valence-electron chi connectivity index (χ4n) is 3.98. The van der Waals surface area contributed by atoms with Crippen LogP contribution in [0.5, 0.6) is 0 Å². The van der Waals surface area contributed by atoms with Crippen LogP contribution >= 0.6 is 0 Å². The van der Waals surface area contributed by atoms with Gasteiger partial charge in [0.05, 0.1) is 6.61 Å². The zero-order valence-corrected chi connectivity index (χ0v) is 15.1. The summed E-state index contributed by atoms with van der Waals surface area (Å²) >= 11 is 0. The molecule has 3 nitrogen and oxygen atoms in total. The molecule has 1 fully saturated rings. The van der Waals surface area contributed by atoms with E-state index >= 15 is 0 Å². The number of hydrogen-bond donors (Lipinski definition) is 1. The molecule has 0 aromatic rings. The molecule has 1 aliphatic rings. The minimum absolute atomic E-state index is 0.470. The summed E-state index contributed by atoms with van der Waals surface area (Å²) in [6, 6.07) is 0.702. The second-order valence-electron chi connectivity index (χ2n) is 7.15. The van der Waals surface area contributed by atoms with E-state index in [2.05, 4.69) is 38.0 Å². The zero-order valence-electron chi connectivity index (χ0n) is 15.1. The van der Waals surface area contributed by atoms with Crippen LogP contribution in [-0.2, 0) is 4.74 Å². The van der Waals surface area contributed by atoms with Gasteiger partial charge in [0.1, 0.15) is 0 Å². The predicted molar refractivity (Wildman–Crippen MR) is 91.8 cm³/mol. The molecule has 0 aromatic heterocycles. The number of methoxy groups -OCH3 is 1. The third kappa shape index (κ3) is 5.88. The van der Waals surface area contributed by atoms with E-state index in [4.69, 9.17) is 4.74 Å². The molecule has 1 aliphatic carbocycles. The maximum atomic E-state index is 5.35. The standard InChI is InChI=1S/C18H38N2O/c1-6-17(7-2)20(12-13-21-5)15-18(14-19-4)10-8-16(3)9-11-18/h16-17,19H,6-15H2,1-5H3. The highest BCUT2D eigenvalue weighted by Crippen LogP contribution is 2.39. The van der Waals surface area contributed by atoms with Gasteiger partial charge in [0.2, 0.25) is 0 Å². The van der Waals surface area contributed by atoms with E-state index in [9.17, 15) is 0 Å². The van der Waals surface area contributed by atoms with Crippen molar-refractivity contribution in [2.45, 2.75) is 65.3 Å². The lowest BCUT2D eigenvalue weighted by atomic mass is 9.70. The second-order valence-corrected chi connectivity index (χ2v) is 7.15. The number of ether oxygens (including phenoxy) is 1. The maximum absolute atomic E-state index is 5.35. The van der Waals surface area contributed by atoms with E-state index in [1.54, 1.807) is 0 Å². The normalized spacial score (nSPS) is 26.7. The molecule has 21 heavy (non-hydrogen) atoms. The van der Waals surface area contributed by atoms with Gasteiger partial charge >= 0.3 is 0 Å². The molecule has 0 spiro atoms. The van der Waals surface area contributed by atoms with Crippen LogP contribution in [-0.4, -0.2) is 51.3 Å². The van der Waals surface area contributed by atoms with E-state index in [1.165, 1.54) is 45.1 Å². The van der Waals surface area contributed by atoms with Crippen molar-refractivity contribution in [2.75, 3.05) is 40.4 Å². The molecule has 0 aliphatic heterocycles. The van der Waals surface area contributed by atoms with Crippen LogP contribution in [0.25, 0.3) is 0 Å². The van der Waals surface area contributed by atoms with Crippen molar-refractivity contribution < 1.29 is 4.74 Å². The second kappa shape index (κ2) is 9.81. The molecule has 0 atom stereocenters. The summed E-state index contributed by atoms with van der Waals surface area (Å²) in [6.07, 6.45) is 8.02. The Kier molecular flexibility index (Phi) is 8.84. The van der Waals surface area contributed by atoms with Gasteiger partial charge in [0.25, 0.3) is 0 Å². The Morgan fingerprint density at radius 3 is 2.33 bits per heavy atom. The van der Waals surface area contributed by atoms with Crippen LogP contribution in [0.2, 0.25) is 0 Å². The molecule has 0 bridgehead atoms. The van der Waals surface area contributed by atoms with Crippen LogP contribution in [0.4, 0.5) is 0 Å². The Labute approximate surface area is 132 Å². The summed E-state index contributed by atoms with van der Waals surface area (Å²) in [5, 5.41) is 3.47. The van der Waals surface area contributed by atoms with E-state index in [1.807, 2.05) is 7.11 Å². The third-order valence-corrected chi connectivity index (χ3v) is 5.47. The molecule has 3 heteroatoms. The monoisotopic (exact) mass is 298 g/mol. The molecule has 1 N–H and O–H groups in total. The Bertz CT molecular complexity index is 258. The summed E-state index contributed by atoms with van der Waals surface area (Å²) in [7, 11) is 3.92. The van der Waals surface area contributed by atoms with E-state index in [-0.39, 0.29) is 0 Å². The molecule has 0 amide bonds. The van der Waals surface area contributed by atoms with Gasteiger partial charge in [-0.2, -0.15) is 0 Å². The molecular formula is C18H38N2O. The molecular weight excluding hydrogens is 260 g/mol. The molecule has 0 unspecified atom stereocenters. The van der Waals surface area contributed by atoms with Crippen LogP contribution in [0.3, 0.4) is 0 Å². The van der Waals surface area contributed by atoms with E-state index in [0.717, 1.165) is 25.6 Å². The fourth-order valence-corrected chi connectivity index (χ4v) is 3.98. The number of nitrogens with one attached hydrogen (secondary N) is 1. The molecule has 0 saturated heterocycles. The van der Waals surface area contributed by atoms with Crippen molar-refractivity contribution in [3.8, 4) is 0 Å². The Morgan fingerprint density at radius 1 is 1.24 bits per heavy atom. The summed E-state index contributed by atoms with van der Waals surface area (Å²) in [5.41, 5.74) is 0.470. The van der Waals surface area contributed by atoms with Crippen molar-refractivity contribution in [2.24, 2.45) is 11.3 Å². The molecule has 0 aromatic carbocycles. The lowest BCUT2D eigenvalue weighted by Gasteiger charge is -2.45. The molecule has 1 rings (SSSR count). The minimum Gasteiger partial charge on any atom is -0.383 e. The topological polar surface area (TPSA) is 24.5 Å². The maximum Gasteiger partial charge on any atom is 0.0589 e. The van der Waals surface area contributed by atoms with Crippen LogP contribution in [0.1, 0.15) is 59.3 Å². The third-order valence-electron chi connectivity index (χ3n) is 5.47. The van der Waals surface area contributed by atoms with Crippen molar-refractivity contribution in [1.29, 1.82) is 0 Å². The van der Waals surface area contributed by atoms with E-state index in [0.29, 0.717) is 11.5 Å². The number of hydrogen-bond acceptors (Lipinski definition) is 3. The smallest absolute Gasteiger partial charge is 0.0589 e. The first-order chi connectivity index (χ1) is 10.1. The summed E-state index contributed by atoms with van der Waals surface area (Å²) in [5.74, 6) is 0.913. The average molecular weight is 299 g/mol. The van der Waals surface area contributed by atoms with Crippen LogP contribution < -0.4 is 5.32 Å². The van der Waals surface area contributed by atoms with Crippen LogP contribution in [0.15, 0.2) is 0 Å². The van der Waals surface area contributed by atoms with Crippen molar-refractivity contribution in [3.05, 3.63) is 0 Å². The van der Waals surface area contributed by atoms with Gasteiger partial charge in [0, 0.05) is 32.8 Å². The van der Waals surface area contributed by atoms with Gasteiger partial charge in [-0.05, 0) is 44.1 Å². The van der Waals surface area contributed by atoms with Gasteiger partial charge in [0.15, 0.2) is 0 Å². The quantitative estimate of drug-likeness (QED) is 0.667. The van der Waals surface area contributed by atoms with Gasteiger partial charge < -0.3 is 10.1 Å². The number of nitrogens with zero attached hydrogens (tertiary/aromatic N) is 1. The highest BCUT2D eigenvalue weighted by molar-refractivity contribution is 4.90. The Hall–Kier alpha value is -0.120. The largest absolute Gasteiger partial charge is 0.383 e. The van der Waals surface area contributed by atoms with Gasteiger partial charge in [-0.15, -0.1) is 0 Å². The average Bonchev–Trinajstić information content (AvgIpc) is 2.49. The zero-order chi connectivity index (χ0) is 15.7. The van der Waals surface area contributed by atoms with Crippen molar-refractivity contribution in [3.63, 3.8) is 0 Å². The highest BCUT2D eigenvalue weighted by Gasteiger charge is 2.36. The van der Waals surface area contributed by atoms with Crippen LogP contribution in [0, 0.1) is 11.3 Å². The summed E-state index contributed by atoms with van der Waals surface area (Å²) < 4.78 is 5.35. The molecule has 126 valence electrons. The summed E-state index contributed by atoms with van der Waals surface area (Å²) in [6.45, 7) is 11.4. The molecule has 0 radical (unpaired) electrons. The summed E-state index contributed by atoms with van der Waals surface area (Å²) in [4.78, 5) is 2.71. The first-order valence-corrected chi connectivity index (χ1v) is 8.98. The van der Waals surface area contributed by atoms with Crippen molar-refractivity contribution in [1.82, 2.24) is 10.2 Å². The fraction of sp³-hybridized carbons (Fsp3) is 1.00. The lowest BCUT2D eigenvalue weighted by molar-refractivity contribution is 0.0432. The van der Waals surface area contributed by atoms with E-state index < -0.39 is 0 Å². The van der Waals surface area contributed by atoms with Gasteiger partial charge in [-0.3, -0.25) is 4.90 Å². The first-order valence-electron chi connectivity index (χ1n) is 8.98. The minimum atomic E-state index is 0.470. The molecule has 0 heterocycles. The van der Waals surface area contributed by atoms with Gasteiger partial charge in [-0.25, -0.2) is 0 Å².